The summed E-state index contributed by atoms with van der Waals surface area (Å²) >= 11 is 6.50. The topological polar surface area (TPSA) is 66.5 Å². The van der Waals surface area contributed by atoms with Crippen LogP contribution in [0.5, 0.6) is 5.75 Å². The second kappa shape index (κ2) is 5.26. The zero-order chi connectivity index (χ0) is 13.4. The fraction of sp³-hybridized carbons (Fsp3) is 0.500. The van der Waals surface area contributed by atoms with Gasteiger partial charge >= 0.3 is 0 Å². The average Bonchev–Trinajstić information content (AvgIpc) is 2.21. The van der Waals surface area contributed by atoms with Crippen molar-refractivity contribution in [3.63, 3.8) is 0 Å². The van der Waals surface area contributed by atoms with Crippen LogP contribution < -0.4 is 5.73 Å². The first-order valence-corrected chi connectivity index (χ1v) is 6.84. The number of halogens is 2. The van der Waals surface area contributed by atoms with E-state index in [0.29, 0.717) is 8.95 Å². The third-order valence-corrected chi connectivity index (χ3v) is 3.86. The molecular weight excluding hydrogens is 350 g/mol. The number of aliphatic hydroxyl groups excluding tert-OH is 1. The quantitative estimate of drug-likeness (QED) is 0.752. The number of phenolic OH excluding ortho intramolecular Hbond substituents is 1. The summed E-state index contributed by atoms with van der Waals surface area (Å²) in [6.45, 7) is 5.80. The molecule has 0 amide bonds. The molecular formula is C12H17Br2NO2. The molecule has 0 aliphatic heterocycles. The van der Waals surface area contributed by atoms with Crippen molar-refractivity contribution < 1.29 is 10.2 Å². The van der Waals surface area contributed by atoms with Gasteiger partial charge in [-0.15, -0.1) is 0 Å². The van der Waals surface area contributed by atoms with Gasteiger partial charge in [0.15, 0.2) is 0 Å². The first-order valence-electron chi connectivity index (χ1n) is 5.26. The van der Waals surface area contributed by atoms with Crippen molar-refractivity contribution in [2.45, 2.75) is 32.9 Å². The van der Waals surface area contributed by atoms with Crippen LogP contribution in [-0.2, 0) is 0 Å². The summed E-state index contributed by atoms with van der Waals surface area (Å²) in [4.78, 5) is 0. The van der Waals surface area contributed by atoms with E-state index in [4.69, 9.17) is 5.73 Å². The van der Waals surface area contributed by atoms with Gasteiger partial charge in [0.1, 0.15) is 5.75 Å². The SMILES string of the molecule is CC(C)(C)[C@@H](O)[C@@H](N)c1cc(Br)c(O)c(Br)c1. The van der Waals surface area contributed by atoms with Crippen LogP contribution in [0.25, 0.3) is 0 Å². The van der Waals surface area contributed by atoms with Gasteiger partial charge in [-0.3, -0.25) is 0 Å². The fourth-order valence-electron chi connectivity index (χ4n) is 1.50. The Morgan fingerprint density at radius 1 is 1.18 bits per heavy atom. The highest BCUT2D eigenvalue weighted by molar-refractivity contribution is 9.11. The highest BCUT2D eigenvalue weighted by Crippen LogP contribution is 2.37. The summed E-state index contributed by atoms with van der Waals surface area (Å²) < 4.78 is 1.11. The first kappa shape index (κ1) is 15.0. The molecule has 0 aliphatic carbocycles. The Balaban J connectivity index is 3.09. The Labute approximate surface area is 118 Å². The third kappa shape index (κ3) is 3.44. The summed E-state index contributed by atoms with van der Waals surface area (Å²) in [5, 5.41) is 19.8. The molecule has 0 saturated carbocycles. The van der Waals surface area contributed by atoms with E-state index in [1.165, 1.54) is 0 Å². The minimum Gasteiger partial charge on any atom is -0.506 e. The zero-order valence-corrected chi connectivity index (χ0v) is 13.2. The fourth-order valence-corrected chi connectivity index (χ4v) is 2.72. The van der Waals surface area contributed by atoms with E-state index < -0.39 is 12.1 Å². The van der Waals surface area contributed by atoms with E-state index in [0.717, 1.165) is 5.56 Å². The molecule has 1 aromatic carbocycles. The van der Waals surface area contributed by atoms with Gasteiger partial charge in [-0.2, -0.15) is 0 Å². The van der Waals surface area contributed by atoms with Crippen LogP contribution in [0.3, 0.4) is 0 Å². The van der Waals surface area contributed by atoms with Crippen molar-refractivity contribution in [2.75, 3.05) is 0 Å². The number of hydrogen-bond donors (Lipinski definition) is 3. The summed E-state index contributed by atoms with van der Waals surface area (Å²) in [5.74, 6) is 0.131. The smallest absolute Gasteiger partial charge is 0.143 e. The average molecular weight is 367 g/mol. The number of hydrogen-bond acceptors (Lipinski definition) is 3. The predicted octanol–water partition coefficient (Wildman–Crippen LogP) is 3.32. The van der Waals surface area contributed by atoms with Crippen molar-refractivity contribution >= 4 is 31.9 Å². The van der Waals surface area contributed by atoms with Gasteiger partial charge in [0.25, 0.3) is 0 Å². The lowest BCUT2D eigenvalue weighted by Gasteiger charge is -2.31. The van der Waals surface area contributed by atoms with E-state index in [2.05, 4.69) is 31.9 Å². The number of nitrogens with two attached hydrogens (primary N) is 1. The molecule has 5 heteroatoms. The maximum atomic E-state index is 10.1. The molecule has 17 heavy (non-hydrogen) atoms. The molecule has 0 bridgehead atoms. The van der Waals surface area contributed by atoms with Crippen molar-refractivity contribution in [2.24, 2.45) is 11.1 Å². The van der Waals surface area contributed by atoms with Gasteiger partial charge in [-0.1, -0.05) is 20.8 Å². The van der Waals surface area contributed by atoms with Crippen LogP contribution in [0, 0.1) is 5.41 Å². The molecule has 0 spiro atoms. The molecule has 0 saturated heterocycles. The van der Waals surface area contributed by atoms with Crippen molar-refractivity contribution in [1.29, 1.82) is 0 Å². The molecule has 0 fully saturated rings. The van der Waals surface area contributed by atoms with Crippen molar-refractivity contribution in [3.8, 4) is 5.75 Å². The van der Waals surface area contributed by atoms with E-state index in [1.807, 2.05) is 20.8 Å². The van der Waals surface area contributed by atoms with E-state index in [-0.39, 0.29) is 11.2 Å². The van der Waals surface area contributed by atoms with Gasteiger partial charge in [-0.25, -0.2) is 0 Å². The molecule has 0 aromatic heterocycles. The first-order chi connectivity index (χ1) is 7.64. The lowest BCUT2D eigenvalue weighted by molar-refractivity contribution is 0.0400. The molecule has 0 radical (unpaired) electrons. The van der Waals surface area contributed by atoms with Crippen LogP contribution in [0.1, 0.15) is 32.4 Å². The lowest BCUT2D eigenvalue weighted by atomic mass is 9.82. The Hall–Kier alpha value is -0.100. The minimum absolute atomic E-state index is 0.131. The predicted molar refractivity (Wildman–Crippen MR) is 75.9 cm³/mol. The van der Waals surface area contributed by atoms with Gasteiger partial charge in [0.05, 0.1) is 21.1 Å². The Bertz CT molecular complexity index is 392. The second-order valence-corrected chi connectivity index (χ2v) is 6.88. The maximum Gasteiger partial charge on any atom is 0.143 e. The number of benzene rings is 1. The molecule has 3 nitrogen and oxygen atoms in total. The summed E-state index contributed by atoms with van der Waals surface area (Å²) in [7, 11) is 0. The molecule has 96 valence electrons. The summed E-state index contributed by atoms with van der Waals surface area (Å²) in [6, 6.07) is 2.95. The number of rotatable bonds is 2. The maximum absolute atomic E-state index is 10.1. The summed E-state index contributed by atoms with van der Waals surface area (Å²) in [5.41, 5.74) is 6.51. The molecule has 0 unspecified atom stereocenters. The minimum atomic E-state index is -0.661. The van der Waals surface area contributed by atoms with Gasteiger partial charge in [-0.05, 0) is 55.0 Å². The number of aromatic hydroxyl groups is 1. The molecule has 0 aliphatic rings. The van der Waals surface area contributed by atoms with Gasteiger partial charge in [0.2, 0.25) is 0 Å². The second-order valence-electron chi connectivity index (χ2n) is 5.17. The standard InChI is InChI=1S/C12H17Br2NO2/c1-12(2,3)11(17)9(15)6-4-7(13)10(16)8(14)5-6/h4-5,9,11,16-17H,15H2,1-3H3/t9-,11-/m0/s1. The monoisotopic (exact) mass is 365 g/mol. The third-order valence-electron chi connectivity index (χ3n) is 2.65. The zero-order valence-electron chi connectivity index (χ0n) is 10.0. The van der Waals surface area contributed by atoms with E-state index in [1.54, 1.807) is 12.1 Å². The van der Waals surface area contributed by atoms with Crippen LogP contribution in [0.4, 0.5) is 0 Å². The van der Waals surface area contributed by atoms with Crippen molar-refractivity contribution in [1.82, 2.24) is 0 Å². The Kier molecular flexibility index (Phi) is 4.63. The molecule has 0 heterocycles. The van der Waals surface area contributed by atoms with Crippen LogP contribution in [0.15, 0.2) is 21.1 Å². The molecule has 1 rings (SSSR count). The highest BCUT2D eigenvalue weighted by atomic mass is 79.9. The van der Waals surface area contributed by atoms with Crippen LogP contribution in [0.2, 0.25) is 0 Å². The largest absolute Gasteiger partial charge is 0.506 e. The molecule has 2 atom stereocenters. The highest BCUT2D eigenvalue weighted by Gasteiger charge is 2.29. The van der Waals surface area contributed by atoms with Gasteiger partial charge < -0.3 is 15.9 Å². The Morgan fingerprint density at radius 2 is 1.59 bits per heavy atom. The van der Waals surface area contributed by atoms with E-state index in [9.17, 15) is 10.2 Å². The number of phenols is 1. The van der Waals surface area contributed by atoms with Gasteiger partial charge in [0, 0.05) is 0 Å². The normalized spacial score (nSPS) is 15.7. The Morgan fingerprint density at radius 3 is 1.94 bits per heavy atom. The summed E-state index contributed by atoms with van der Waals surface area (Å²) in [6.07, 6.45) is -0.661. The van der Waals surface area contributed by atoms with Crippen molar-refractivity contribution in [3.05, 3.63) is 26.6 Å². The van der Waals surface area contributed by atoms with E-state index >= 15 is 0 Å². The van der Waals surface area contributed by atoms with Crippen LogP contribution in [-0.4, -0.2) is 16.3 Å². The molecule has 1 aromatic rings. The number of aliphatic hydroxyl groups is 1. The van der Waals surface area contributed by atoms with Crippen LogP contribution >= 0.6 is 31.9 Å². The lowest BCUT2D eigenvalue weighted by Crippen LogP contribution is -2.36. The molecule has 4 N–H and O–H groups in total.